The van der Waals surface area contributed by atoms with Gasteiger partial charge in [0.2, 0.25) is 0 Å². The fourth-order valence-corrected chi connectivity index (χ4v) is 2.15. The maximum Gasteiger partial charge on any atom is 0.0233 e. The average Bonchev–Trinajstić information content (AvgIpc) is 2.25. The van der Waals surface area contributed by atoms with Gasteiger partial charge >= 0.3 is 0 Å². The Bertz CT molecular complexity index is 366. The van der Waals surface area contributed by atoms with Gasteiger partial charge in [-0.25, -0.2) is 0 Å². The predicted octanol–water partition coefficient (Wildman–Crippen LogP) is 4.67. The summed E-state index contributed by atoms with van der Waals surface area (Å²) in [6.45, 7) is 15.0. The standard InChI is InChI=1S/C16H23/c1-7-12(3)14-10-9-11-15(13(14)8-2)16(4,5)6/h7,9-11H,1,8H2,2-6H3. The summed E-state index contributed by atoms with van der Waals surface area (Å²) in [4.78, 5) is 0. The van der Waals surface area contributed by atoms with Gasteiger partial charge in [-0.3, -0.25) is 0 Å². The molecule has 0 aromatic heterocycles. The third-order valence-corrected chi connectivity index (χ3v) is 3.07. The van der Waals surface area contributed by atoms with E-state index in [0.29, 0.717) is 0 Å². The molecule has 87 valence electrons. The minimum Gasteiger partial charge on any atom is -0.102 e. The van der Waals surface area contributed by atoms with Crippen LogP contribution >= 0.6 is 0 Å². The maximum absolute atomic E-state index is 3.87. The van der Waals surface area contributed by atoms with Crippen molar-refractivity contribution < 1.29 is 0 Å². The lowest BCUT2D eigenvalue weighted by atomic mass is 9.79. The van der Waals surface area contributed by atoms with Crippen LogP contribution in [-0.2, 0) is 11.8 Å². The van der Waals surface area contributed by atoms with Crippen molar-refractivity contribution in [3.63, 3.8) is 0 Å². The Labute approximate surface area is 100 Å². The van der Waals surface area contributed by atoms with E-state index in [-0.39, 0.29) is 5.41 Å². The highest BCUT2D eigenvalue weighted by molar-refractivity contribution is 5.48. The van der Waals surface area contributed by atoms with E-state index >= 15 is 0 Å². The molecule has 16 heavy (non-hydrogen) atoms. The molecule has 0 N–H and O–H groups in total. The van der Waals surface area contributed by atoms with Gasteiger partial charge in [0.25, 0.3) is 0 Å². The highest BCUT2D eigenvalue weighted by Gasteiger charge is 2.20. The van der Waals surface area contributed by atoms with Crippen molar-refractivity contribution in [1.29, 1.82) is 0 Å². The summed E-state index contributed by atoms with van der Waals surface area (Å²) < 4.78 is 0. The van der Waals surface area contributed by atoms with E-state index in [9.17, 15) is 0 Å². The van der Waals surface area contributed by atoms with Gasteiger partial charge in [-0.05, 0) is 28.5 Å². The van der Waals surface area contributed by atoms with Gasteiger partial charge in [-0.15, -0.1) is 6.58 Å². The summed E-state index contributed by atoms with van der Waals surface area (Å²) in [5.74, 6) is 1.27. The lowest BCUT2D eigenvalue weighted by molar-refractivity contribution is 0.582. The summed E-state index contributed by atoms with van der Waals surface area (Å²) in [5, 5.41) is 0. The molecule has 0 atom stereocenters. The van der Waals surface area contributed by atoms with Crippen molar-refractivity contribution in [1.82, 2.24) is 0 Å². The van der Waals surface area contributed by atoms with E-state index < -0.39 is 0 Å². The third-order valence-electron chi connectivity index (χ3n) is 3.07. The highest BCUT2D eigenvalue weighted by atomic mass is 14.2. The van der Waals surface area contributed by atoms with Gasteiger partial charge in [-0.1, -0.05) is 58.9 Å². The first kappa shape index (κ1) is 13.0. The van der Waals surface area contributed by atoms with Crippen LogP contribution in [0.3, 0.4) is 0 Å². The highest BCUT2D eigenvalue weighted by Crippen LogP contribution is 2.31. The quantitative estimate of drug-likeness (QED) is 0.687. The summed E-state index contributed by atoms with van der Waals surface area (Å²) in [6.07, 6.45) is 3.02. The predicted molar refractivity (Wildman–Crippen MR) is 72.7 cm³/mol. The molecule has 0 saturated heterocycles. The van der Waals surface area contributed by atoms with Crippen molar-refractivity contribution >= 4 is 0 Å². The third kappa shape index (κ3) is 2.55. The number of benzene rings is 1. The van der Waals surface area contributed by atoms with Crippen molar-refractivity contribution in [2.75, 3.05) is 0 Å². The zero-order valence-corrected chi connectivity index (χ0v) is 11.2. The van der Waals surface area contributed by atoms with Crippen molar-refractivity contribution in [2.45, 2.75) is 46.5 Å². The molecule has 0 heterocycles. The van der Waals surface area contributed by atoms with Gasteiger partial charge in [0, 0.05) is 5.92 Å². The van der Waals surface area contributed by atoms with Crippen LogP contribution in [0.4, 0.5) is 0 Å². The molecular formula is C16H23. The summed E-state index contributed by atoms with van der Waals surface area (Å²) in [7, 11) is 0. The molecule has 1 radical (unpaired) electrons. The van der Waals surface area contributed by atoms with Crippen LogP contribution in [0.1, 0.15) is 51.3 Å². The lowest BCUT2D eigenvalue weighted by Crippen LogP contribution is -2.16. The van der Waals surface area contributed by atoms with E-state index in [1.54, 1.807) is 0 Å². The molecule has 0 aliphatic carbocycles. The number of hydrogen-bond donors (Lipinski definition) is 0. The zero-order chi connectivity index (χ0) is 12.3. The summed E-state index contributed by atoms with van der Waals surface area (Å²) in [5.41, 5.74) is 4.48. The molecule has 0 bridgehead atoms. The topological polar surface area (TPSA) is 0 Å². The summed E-state index contributed by atoms with van der Waals surface area (Å²) >= 11 is 0. The molecule has 0 aliphatic rings. The van der Waals surface area contributed by atoms with Crippen LogP contribution in [0.2, 0.25) is 0 Å². The van der Waals surface area contributed by atoms with Gasteiger partial charge in [0.1, 0.15) is 0 Å². The van der Waals surface area contributed by atoms with Crippen LogP contribution in [0.5, 0.6) is 0 Å². The Morgan fingerprint density at radius 1 is 1.31 bits per heavy atom. The summed E-state index contributed by atoms with van der Waals surface area (Å²) in [6, 6.07) is 6.60. The zero-order valence-electron chi connectivity index (χ0n) is 11.2. The Morgan fingerprint density at radius 3 is 2.38 bits per heavy atom. The Balaban J connectivity index is 3.37. The monoisotopic (exact) mass is 215 g/mol. The first-order valence-electron chi connectivity index (χ1n) is 6.00. The molecule has 1 aromatic carbocycles. The minimum absolute atomic E-state index is 0.211. The average molecular weight is 215 g/mol. The van der Waals surface area contributed by atoms with E-state index in [4.69, 9.17) is 0 Å². The van der Waals surface area contributed by atoms with Crippen LogP contribution in [-0.4, -0.2) is 0 Å². The number of rotatable bonds is 3. The van der Waals surface area contributed by atoms with Crippen LogP contribution in [0, 0.1) is 5.92 Å². The largest absolute Gasteiger partial charge is 0.102 e. The Kier molecular flexibility index (Phi) is 3.96. The molecule has 1 rings (SSSR count). The number of hydrogen-bond acceptors (Lipinski definition) is 0. The molecule has 0 amide bonds. The van der Waals surface area contributed by atoms with Crippen LogP contribution in [0.15, 0.2) is 30.9 Å². The van der Waals surface area contributed by atoms with Crippen molar-refractivity contribution in [3.8, 4) is 0 Å². The number of allylic oxidation sites excluding steroid dienone is 1. The molecule has 0 heteroatoms. The molecule has 0 saturated carbocycles. The molecule has 1 aromatic rings. The molecule has 0 spiro atoms. The smallest absolute Gasteiger partial charge is 0.0233 e. The van der Waals surface area contributed by atoms with E-state index in [2.05, 4.69) is 59.4 Å². The van der Waals surface area contributed by atoms with Crippen LogP contribution < -0.4 is 0 Å². The van der Waals surface area contributed by atoms with E-state index in [0.717, 1.165) is 6.42 Å². The Morgan fingerprint density at radius 2 is 1.94 bits per heavy atom. The molecule has 0 aliphatic heterocycles. The van der Waals surface area contributed by atoms with Gasteiger partial charge in [0.15, 0.2) is 0 Å². The Hall–Kier alpha value is -1.04. The van der Waals surface area contributed by atoms with Gasteiger partial charge in [0.05, 0.1) is 0 Å². The normalized spacial score (nSPS) is 11.9. The minimum atomic E-state index is 0.211. The van der Waals surface area contributed by atoms with Crippen molar-refractivity contribution in [3.05, 3.63) is 53.5 Å². The van der Waals surface area contributed by atoms with Crippen LogP contribution in [0.25, 0.3) is 0 Å². The second kappa shape index (κ2) is 4.86. The fourth-order valence-electron chi connectivity index (χ4n) is 2.15. The van der Waals surface area contributed by atoms with Crippen molar-refractivity contribution in [2.24, 2.45) is 0 Å². The lowest BCUT2D eigenvalue weighted by Gasteiger charge is -2.25. The first-order valence-corrected chi connectivity index (χ1v) is 6.00. The molecule has 0 nitrogen and oxygen atoms in total. The maximum atomic E-state index is 3.87. The first-order chi connectivity index (χ1) is 7.41. The van der Waals surface area contributed by atoms with E-state index in [1.165, 1.54) is 22.6 Å². The second-order valence-electron chi connectivity index (χ2n) is 5.32. The second-order valence-corrected chi connectivity index (χ2v) is 5.32. The van der Waals surface area contributed by atoms with E-state index in [1.807, 2.05) is 6.08 Å². The molecular weight excluding hydrogens is 192 g/mol. The van der Waals surface area contributed by atoms with Gasteiger partial charge < -0.3 is 0 Å². The fraction of sp³-hybridized carbons (Fsp3) is 0.438. The molecule has 0 fully saturated rings. The SMILES string of the molecule is C=C[C](C)c1cccc(C(C)(C)C)c1CC. The molecule has 0 unspecified atom stereocenters. The van der Waals surface area contributed by atoms with Gasteiger partial charge in [-0.2, -0.15) is 0 Å².